The first-order valence-electron chi connectivity index (χ1n) is 7.42. The molecule has 3 atom stereocenters. The molecule has 18 heavy (non-hydrogen) atoms. The van der Waals surface area contributed by atoms with Gasteiger partial charge in [0.05, 0.1) is 12.1 Å². The number of hydrogen-bond donors (Lipinski definition) is 2. The fraction of sp³-hybridized carbons (Fsp3) is 0.929. The molecule has 1 aliphatic carbocycles. The van der Waals surface area contributed by atoms with Gasteiger partial charge in [0.25, 0.3) is 0 Å². The minimum atomic E-state index is -0.200. The van der Waals surface area contributed by atoms with Crippen LogP contribution in [0.15, 0.2) is 0 Å². The Hall–Kier alpha value is -0.610. The van der Waals surface area contributed by atoms with E-state index in [1.54, 1.807) is 0 Å². The largest absolute Gasteiger partial charge is 0.393 e. The number of nitrogens with zero attached hydrogens (tertiary/aromatic N) is 1. The molecule has 104 valence electrons. The van der Waals surface area contributed by atoms with Crippen LogP contribution in [-0.4, -0.2) is 47.7 Å². The van der Waals surface area contributed by atoms with E-state index in [-0.39, 0.29) is 18.1 Å². The third kappa shape index (κ3) is 3.23. The molecule has 4 heteroatoms. The zero-order valence-electron chi connectivity index (χ0n) is 11.4. The number of carbonyl (C=O) groups is 1. The summed E-state index contributed by atoms with van der Waals surface area (Å²) in [6.45, 7) is 4.63. The normalized spacial score (nSPS) is 33.1. The molecule has 2 aliphatic rings. The molecule has 0 bridgehead atoms. The highest BCUT2D eigenvalue weighted by atomic mass is 16.3. The first-order valence-corrected chi connectivity index (χ1v) is 7.42. The average molecular weight is 254 g/mol. The van der Waals surface area contributed by atoms with Crippen LogP contribution >= 0.6 is 0 Å². The van der Waals surface area contributed by atoms with Crippen LogP contribution in [0.25, 0.3) is 0 Å². The Morgan fingerprint density at radius 3 is 2.83 bits per heavy atom. The molecule has 2 fully saturated rings. The first-order chi connectivity index (χ1) is 8.72. The highest BCUT2D eigenvalue weighted by Gasteiger charge is 2.34. The van der Waals surface area contributed by atoms with E-state index in [9.17, 15) is 9.90 Å². The number of nitrogens with one attached hydrogen (secondary N) is 1. The predicted molar refractivity (Wildman–Crippen MR) is 71.2 cm³/mol. The fourth-order valence-electron chi connectivity index (χ4n) is 3.11. The van der Waals surface area contributed by atoms with Gasteiger partial charge < -0.3 is 15.3 Å². The molecule has 1 saturated carbocycles. The van der Waals surface area contributed by atoms with Crippen LogP contribution in [0.4, 0.5) is 0 Å². The molecule has 1 saturated heterocycles. The molecule has 1 heterocycles. The highest BCUT2D eigenvalue weighted by Crippen LogP contribution is 2.26. The molecule has 2 rings (SSSR count). The lowest BCUT2D eigenvalue weighted by Gasteiger charge is -2.31. The van der Waals surface area contributed by atoms with Crippen molar-refractivity contribution < 1.29 is 9.90 Å². The zero-order valence-corrected chi connectivity index (χ0v) is 11.4. The Morgan fingerprint density at radius 2 is 2.11 bits per heavy atom. The summed E-state index contributed by atoms with van der Waals surface area (Å²) < 4.78 is 0. The lowest BCUT2D eigenvalue weighted by Crippen LogP contribution is -2.42. The van der Waals surface area contributed by atoms with E-state index in [2.05, 4.69) is 12.2 Å². The van der Waals surface area contributed by atoms with Crippen molar-refractivity contribution in [3.63, 3.8) is 0 Å². The van der Waals surface area contributed by atoms with E-state index >= 15 is 0 Å². The maximum atomic E-state index is 12.2. The maximum absolute atomic E-state index is 12.2. The van der Waals surface area contributed by atoms with Crippen LogP contribution in [0.2, 0.25) is 0 Å². The van der Waals surface area contributed by atoms with Gasteiger partial charge in [0.1, 0.15) is 0 Å². The van der Waals surface area contributed by atoms with Crippen LogP contribution in [0, 0.1) is 5.92 Å². The van der Waals surface area contributed by atoms with Crippen molar-refractivity contribution in [1.82, 2.24) is 10.2 Å². The monoisotopic (exact) mass is 254 g/mol. The van der Waals surface area contributed by atoms with Crippen LogP contribution in [0.3, 0.4) is 0 Å². The molecular formula is C14H26N2O2. The van der Waals surface area contributed by atoms with Crippen LogP contribution < -0.4 is 5.32 Å². The lowest BCUT2D eigenvalue weighted by atomic mass is 9.86. The van der Waals surface area contributed by atoms with Crippen molar-refractivity contribution in [2.45, 2.75) is 57.6 Å². The second kappa shape index (κ2) is 6.53. The Labute approximate surface area is 110 Å². The molecule has 0 aromatic rings. The van der Waals surface area contributed by atoms with Crippen molar-refractivity contribution in [3.05, 3.63) is 0 Å². The minimum absolute atomic E-state index is 0.0192. The summed E-state index contributed by atoms with van der Waals surface area (Å²) in [5.41, 5.74) is 0. The molecule has 1 aliphatic heterocycles. The Balaban J connectivity index is 1.81. The van der Waals surface area contributed by atoms with Crippen molar-refractivity contribution >= 4 is 5.91 Å². The standard InChI is InChI=1S/C14H26N2O2/c1-2-8-15-12-7-9-16(14(12)18)10-11-5-3-4-6-13(11)17/h11-13,15,17H,2-10H2,1H3. The van der Waals surface area contributed by atoms with Gasteiger partial charge in [-0.25, -0.2) is 0 Å². The van der Waals surface area contributed by atoms with E-state index in [1.807, 2.05) is 4.90 Å². The Bertz CT molecular complexity index is 283. The smallest absolute Gasteiger partial charge is 0.239 e. The van der Waals surface area contributed by atoms with E-state index in [0.717, 1.165) is 51.7 Å². The number of hydrogen-bond acceptors (Lipinski definition) is 3. The molecule has 1 amide bonds. The van der Waals surface area contributed by atoms with E-state index in [4.69, 9.17) is 0 Å². The topological polar surface area (TPSA) is 52.6 Å². The van der Waals surface area contributed by atoms with Gasteiger partial charge in [-0.1, -0.05) is 19.8 Å². The fourth-order valence-corrected chi connectivity index (χ4v) is 3.11. The van der Waals surface area contributed by atoms with Gasteiger partial charge in [-0.15, -0.1) is 0 Å². The summed E-state index contributed by atoms with van der Waals surface area (Å²) >= 11 is 0. The molecule has 3 unspecified atom stereocenters. The van der Waals surface area contributed by atoms with Crippen LogP contribution in [-0.2, 0) is 4.79 Å². The number of aliphatic hydroxyl groups is 1. The SMILES string of the molecule is CCCNC1CCN(CC2CCCCC2O)C1=O. The summed E-state index contributed by atoms with van der Waals surface area (Å²) in [5.74, 6) is 0.536. The third-order valence-electron chi connectivity index (χ3n) is 4.26. The number of carbonyl (C=O) groups excluding carboxylic acids is 1. The summed E-state index contributed by atoms with van der Waals surface area (Å²) in [4.78, 5) is 14.1. The second-order valence-corrected chi connectivity index (χ2v) is 5.69. The summed E-state index contributed by atoms with van der Waals surface area (Å²) in [6, 6.07) is 0.0192. The molecule has 0 aromatic carbocycles. The number of amides is 1. The highest BCUT2D eigenvalue weighted by molar-refractivity contribution is 5.83. The van der Waals surface area contributed by atoms with Crippen molar-refractivity contribution in [2.24, 2.45) is 5.92 Å². The van der Waals surface area contributed by atoms with Crippen molar-refractivity contribution in [2.75, 3.05) is 19.6 Å². The molecule has 0 radical (unpaired) electrons. The van der Waals surface area contributed by atoms with Gasteiger partial charge in [0.15, 0.2) is 0 Å². The van der Waals surface area contributed by atoms with Crippen molar-refractivity contribution in [1.29, 1.82) is 0 Å². The Kier molecular flexibility index (Phi) is 5.01. The number of rotatable bonds is 5. The van der Waals surface area contributed by atoms with Gasteiger partial charge in [0, 0.05) is 19.0 Å². The molecule has 4 nitrogen and oxygen atoms in total. The molecule has 0 aromatic heterocycles. The maximum Gasteiger partial charge on any atom is 0.239 e. The average Bonchev–Trinajstić information content (AvgIpc) is 2.71. The van der Waals surface area contributed by atoms with E-state index < -0.39 is 0 Å². The third-order valence-corrected chi connectivity index (χ3v) is 4.26. The minimum Gasteiger partial charge on any atom is -0.393 e. The van der Waals surface area contributed by atoms with E-state index in [1.165, 1.54) is 6.42 Å². The first kappa shape index (κ1) is 13.8. The quantitative estimate of drug-likeness (QED) is 0.773. The van der Waals surface area contributed by atoms with Gasteiger partial charge in [0.2, 0.25) is 5.91 Å². The van der Waals surface area contributed by atoms with Crippen LogP contribution in [0.1, 0.15) is 45.4 Å². The summed E-state index contributed by atoms with van der Waals surface area (Å²) in [7, 11) is 0. The van der Waals surface area contributed by atoms with Crippen molar-refractivity contribution in [3.8, 4) is 0 Å². The van der Waals surface area contributed by atoms with Gasteiger partial charge in [-0.2, -0.15) is 0 Å². The van der Waals surface area contributed by atoms with Gasteiger partial charge in [-0.05, 0) is 32.2 Å². The number of aliphatic hydroxyl groups excluding tert-OH is 1. The van der Waals surface area contributed by atoms with Crippen LogP contribution in [0.5, 0.6) is 0 Å². The summed E-state index contributed by atoms with van der Waals surface area (Å²) in [5, 5.41) is 13.3. The van der Waals surface area contributed by atoms with Gasteiger partial charge >= 0.3 is 0 Å². The second-order valence-electron chi connectivity index (χ2n) is 5.69. The zero-order chi connectivity index (χ0) is 13.0. The molecule has 0 spiro atoms. The Morgan fingerprint density at radius 1 is 1.33 bits per heavy atom. The number of likely N-dealkylation sites (tertiary alicyclic amines) is 1. The molecule has 2 N–H and O–H groups in total. The van der Waals surface area contributed by atoms with E-state index in [0.29, 0.717) is 5.92 Å². The summed E-state index contributed by atoms with van der Waals surface area (Å²) in [6.07, 6.45) is 6.08. The molecular weight excluding hydrogens is 228 g/mol. The lowest BCUT2D eigenvalue weighted by molar-refractivity contribution is -0.130. The predicted octanol–water partition coefficient (Wildman–Crippen LogP) is 1.14. The van der Waals surface area contributed by atoms with Gasteiger partial charge in [-0.3, -0.25) is 4.79 Å².